The minimum atomic E-state index is -0.102. The van der Waals surface area contributed by atoms with Crippen molar-refractivity contribution in [3.05, 3.63) is 52.0 Å². The highest BCUT2D eigenvalue weighted by molar-refractivity contribution is 7.10. The Kier molecular flexibility index (Phi) is 5.50. The minimum absolute atomic E-state index is 0.0759. The van der Waals surface area contributed by atoms with Gasteiger partial charge in [-0.3, -0.25) is 9.78 Å². The Hall–Kier alpha value is -2.16. The van der Waals surface area contributed by atoms with Gasteiger partial charge in [0, 0.05) is 26.2 Å². The van der Waals surface area contributed by atoms with Crippen LogP contribution in [0.5, 0.6) is 0 Å². The smallest absolute Gasteiger partial charge is 0.272 e. The summed E-state index contributed by atoms with van der Waals surface area (Å²) in [4.78, 5) is 18.8. The summed E-state index contributed by atoms with van der Waals surface area (Å²) in [7, 11) is 1.76. The third-order valence-electron chi connectivity index (χ3n) is 2.75. The Morgan fingerprint density at radius 2 is 2.33 bits per heavy atom. The average Bonchev–Trinajstić information content (AvgIpc) is 2.95. The van der Waals surface area contributed by atoms with Gasteiger partial charge >= 0.3 is 0 Å². The summed E-state index contributed by atoms with van der Waals surface area (Å²) in [6.07, 6.45) is 2.09. The molecule has 0 saturated heterocycles. The van der Waals surface area contributed by atoms with E-state index < -0.39 is 0 Å². The van der Waals surface area contributed by atoms with E-state index in [-0.39, 0.29) is 12.5 Å². The monoisotopic (exact) mass is 300 g/mol. The normalized spacial score (nSPS) is 9.81. The summed E-state index contributed by atoms with van der Waals surface area (Å²) in [5.74, 6) is 5.78. The molecule has 21 heavy (non-hydrogen) atoms. The van der Waals surface area contributed by atoms with E-state index in [1.165, 1.54) is 0 Å². The number of hydrogen-bond acceptors (Lipinski definition) is 4. The molecule has 2 heterocycles. The number of pyridine rings is 1. The lowest BCUT2D eigenvalue weighted by atomic mass is 10.2. The van der Waals surface area contributed by atoms with E-state index >= 15 is 0 Å². The molecule has 0 atom stereocenters. The van der Waals surface area contributed by atoms with E-state index in [2.05, 4.69) is 16.8 Å². The van der Waals surface area contributed by atoms with E-state index in [4.69, 9.17) is 5.11 Å². The van der Waals surface area contributed by atoms with Gasteiger partial charge < -0.3 is 10.0 Å². The molecule has 0 fully saturated rings. The van der Waals surface area contributed by atoms with Crippen LogP contribution >= 0.6 is 11.3 Å². The summed E-state index contributed by atoms with van der Waals surface area (Å²) in [6, 6.07) is 7.26. The molecule has 0 aromatic carbocycles. The van der Waals surface area contributed by atoms with Crippen molar-refractivity contribution in [3.8, 4) is 11.8 Å². The molecular weight excluding hydrogens is 284 g/mol. The fourth-order valence-electron chi connectivity index (χ4n) is 1.76. The SMILES string of the molecule is CN(Cc1csc(C#CCCO)c1)C(=O)c1ccccn1. The van der Waals surface area contributed by atoms with Crippen molar-refractivity contribution in [2.24, 2.45) is 0 Å². The van der Waals surface area contributed by atoms with Gasteiger partial charge in [0.2, 0.25) is 0 Å². The number of rotatable bonds is 4. The summed E-state index contributed by atoms with van der Waals surface area (Å²) < 4.78 is 0. The van der Waals surface area contributed by atoms with E-state index in [1.54, 1.807) is 47.7 Å². The van der Waals surface area contributed by atoms with Crippen LogP contribution in [0.4, 0.5) is 0 Å². The maximum absolute atomic E-state index is 12.2. The summed E-state index contributed by atoms with van der Waals surface area (Å²) in [5.41, 5.74) is 1.48. The molecule has 0 bridgehead atoms. The van der Waals surface area contributed by atoms with E-state index in [9.17, 15) is 4.79 Å². The van der Waals surface area contributed by atoms with Crippen molar-refractivity contribution < 1.29 is 9.90 Å². The van der Waals surface area contributed by atoms with Crippen LogP contribution in [0.2, 0.25) is 0 Å². The van der Waals surface area contributed by atoms with E-state index in [1.807, 2.05) is 11.4 Å². The molecule has 4 nitrogen and oxygen atoms in total. The lowest BCUT2D eigenvalue weighted by Crippen LogP contribution is -2.26. The van der Waals surface area contributed by atoms with Crippen LogP contribution in [0.3, 0.4) is 0 Å². The largest absolute Gasteiger partial charge is 0.395 e. The van der Waals surface area contributed by atoms with Crippen molar-refractivity contribution in [2.75, 3.05) is 13.7 Å². The zero-order valence-electron chi connectivity index (χ0n) is 11.7. The number of aliphatic hydroxyl groups is 1. The molecule has 0 aliphatic carbocycles. The molecule has 1 N–H and O–H groups in total. The van der Waals surface area contributed by atoms with Gasteiger partial charge in [0.1, 0.15) is 5.69 Å². The lowest BCUT2D eigenvalue weighted by molar-refractivity contribution is 0.0779. The zero-order chi connectivity index (χ0) is 15.1. The second kappa shape index (κ2) is 7.58. The van der Waals surface area contributed by atoms with Gasteiger partial charge in [0.15, 0.2) is 0 Å². The number of aliphatic hydroxyl groups excluding tert-OH is 1. The summed E-state index contributed by atoms with van der Waals surface area (Å²) in [5, 5.41) is 10.7. The molecule has 5 heteroatoms. The number of nitrogens with zero attached hydrogens (tertiary/aromatic N) is 2. The maximum atomic E-state index is 12.2. The number of amides is 1. The van der Waals surface area contributed by atoms with Gasteiger partial charge in [-0.2, -0.15) is 0 Å². The number of hydrogen-bond donors (Lipinski definition) is 1. The van der Waals surface area contributed by atoms with Crippen molar-refractivity contribution >= 4 is 17.2 Å². The van der Waals surface area contributed by atoms with Gasteiger partial charge in [-0.15, -0.1) is 11.3 Å². The Morgan fingerprint density at radius 3 is 3.05 bits per heavy atom. The summed E-state index contributed by atoms with van der Waals surface area (Å²) >= 11 is 1.54. The number of carbonyl (C=O) groups excluding carboxylic acids is 1. The highest BCUT2D eigenvalue weighted by atomic mass is 32.1. The minimum Gasteiger partial charge on any atom is -0.395 e. The van der Waals surface area contributed by atoms with Gasteiger partial charge in [0.25, 0.3) is 5.91 Å². The fourth-order valence-corrected chi connectivity index (χ4v) is 2.53. The lowest BCUT2D eigenvalue weighted by Gasteiger charge is -2.15. The molecule has 1 amide bonds. The van der Waals surface area contributed by atoms with Crippen LogP contribution in [0, 0.1) is 11.8 Å². The van der Waals surface area contributed by atoms with Crippen molar-refractivity contribution in [1.29, 1.82) is 0 Å². The fraction of sp³-hybridized carbons (Fsp3) is 0.250. The van der Waals surface area contributed by atoms with Gasteiger partial charge in [-0.05, 0) is 29.1 Å². The van der Waals surface area contributed by atoms with Crippen LogP contribution < -0.4 is 0 Å². The zero-order valence-corrected chi connectivity index (χ0v) is 12.6. The first-order valence-corrected chi connectivity index (χ1v) is 7.42. The molecule has 2 rings (SSSR count). The van der Waals surface area contributed by atoms with Crippen LogP contribution in [-0.4, -0.2) is 34.6 Å². The molecule has 0 aliphatic rings. The highest BCUT2D eigenvalue weighted by Gasteiger charge is 2.13. The van der Waals surface area contributed by atoms with Crippen LogP contribution in [0.1, 0.15) is 27.3 Å². The van der Waals surface area contributed by atoms with E-state index in [0.29, 0.717) is 18.7 Å². The maximum Gasteiger partial charge on any atom is 0.272 e. The quantitative estimate of drug-likeness (QED) is 0.880. The standard InChI is InChI=1S/C16H16N2O2S/c1-18(16(20)15-7-2-4-8-17-15)11-13-10-14(21-12-13)6-3-5-9-19/h2,4,7-8,10,12,19H,5,9,11H2,1H3. The molecule has 2 aromatic heterocycles. The van der Waals surface area contributed by atoms with Crippen LogP contribution in [-0.2, 0) is 6.54 Å². The Bertz CT molecular complexity index is 656. The van der Waals surface area contributed by atoms with Gasteiger partial charge in [-0.25, -0.2) is 0 Å². The molecular formula is C16H16N2O2S. The predicted molar refractivity (Wildman–Crippen MR) is 82.9 cm³/mol. The predicted octanol–water partition coefficient (Wildman–Crippen LogP) is 2.15. The first kappa shape index (κ1) is 15.2. The summed E-state index contributed by atoms with van der Waals surface area (Å²) in [6.45, 7) is 0.597. The molecule has 0 saturated carbocycles. The van der Waals surface area contributed by atoms with Crippen LogP contribution in [0.25, 0.3) is 0 Å². The second-order valence-electron chi connectivity index (χ2n) is 4.47. The topological polar surface area (TPSA) is 53.4 Å². The molecule has 0 spiro atoms. The number of thiophene rings is 1. The van der Waals surface area contributed by atoms with Crippen LogP contribution in [0.15, 0.2) is 35.8 Å². The second-order valence-corrected chi connectivity index (χ2v) is 5.38. The number of carbonyl (C=O) groups is 1. The third-order valence-corrected chi connectivity index (χ3v) is 3.65. The molecule has 108 valence electrons. The molecule has 0 radical (unpaired) electrons. The average molecular weight is 300 g/mol. The molecule has 0 aliphatic heterocycles. The van der Waals surface area contributed by atoms with Gasteiger partial charge in [-0.1, -0.05) is 17.9 Å². The Balaban J connectivity index is 1.99. The van der Waals surface area contributed by atoms with E-state index in [0.717, 1.165) is 10.4 Å². The van der Waals surface area contributed by atoms with Gasteiger partial charge in [0.05, 0.1) is 11.5 Å². The van der Waals surface area contributed by atoms with Crippen molar-refractivity contribution in [1.82, 2.24) is 9.88 Å². The highest BCUT2D eigenvalue weighted by Crippen LogP contribution is 2.15. The Morgan fingerprint density at radius 1 is 1.48 bits per heavy atom. The molecule has 2 aromatic rings. The third kappa shape index (κ3) is 4.42. The number of aromatic nitrogens is 1. The first-order chi connectivity index (χ1) is 10.2. The Labute approximate surface area is 128 Å². The van der Waals surface area contributed by atoms with Crippen molar-refractivity contribution in [2.45, 2.75) is 13.0 Å². The molecule has 0 unspecified atom stereocenters. The van der Waals surface area contributed by atoms with Crippen molar-refractivity contribution in [3.63, 3.8) is 0 Å². The first-order valence-electron chi connectivity index (χ1n) is 6.54.